The molecule has 0 amide bonds. The van der Waals surface area contributed by atoms with E-state index in [1.54, 1.807) is 18.2 Å². The maximum absolute atomic E-state index is 11.3. The summed E-state index contributed by atoms with van der Waals surface area (Å²) < 4.78 is 0.774. The summed E-state index contributed by atoms with van der Waals surface area (Å²) in [7, 11) is 0. The van der Waals surface area contributed by atoms with Crippen LogP contribution in [0.1, 0.15) is 17.3 Å². The van der Waals surface area contributed by atoms with Gasteiger partial charge in [0.1, 0.15) is 10.4 Å². The van der Waals surface area contributed by atoms with Gasteiger partial charge in [-0.1, -0.05) is 6.07 Å². The van der Waals surface area contributed by atoms with Gasteiger partial charge >= 0.3 is 5.97 Å². The Bertz CT molecular complexity index is 996. The molecule has 4 rings (SSSR count). The molecule has 0 bridgehead atoms. The number of benzene rings is 1. The Morgan fingerprint density at radius 1 is 1.22 bits per heavy atom. The number of hydrogen-bond acceptors (Lipinski definition) is 5. The van der Waals surface area contributed by atoms with E-state index in [0.29, 0.717) is 0 Å². The van der Waals surface area contributed by atoms with Crippen LogP contribution in [0.4, 0.5) is 11.5 Å². The first kappa shape index (κ1) is 17.7. The van der Waals surface area contributed by atoms with Crippen LogP contribution in [0.5, 0.6) is 0 Å². The highest BCUT2D eigenvalue weighted by Crippen LogP contribution is 2.32. The minimum atomic E-state index is -0.932. The molecule has 1 aromatic carbocycles. The van der Waals surface area contributed by atoms with Gasteiger partial charge in [-0.25, -0.2) is 14.8 Å². The van der Waals surface area contributed by atoms with Crippen molar-refractivity contribution in [3.8, 4) is 0 Å². The van der Waals surface area contributed by atoms with Crippen LogP contribution in [0.25, 0.3) is 10.9 Å². The summed E-state index contributed by atoms with van der Waals surface area (Å²) >= 11 is 3.59. The molecular weight excluding hydrogens is 408 g/mol. The summed E-state index contributed by atoms with van der Waals surface area (Å²) in [5, 5.41) is 10.1. The fraction of sp³-hybridized carbons (Fsp3) is 0.250. The zero-order chi connectivity index (χ0) is 19.0. The van der Waals surface area contributed by atoms with Crippen molar-refractivity contribution >= 4 is 44.3 Å². The lowest BCUT2D eigenvalue weighted by Crippen LogP contribution is -2.52. The van der Waals surface area contributed by atoms with Gasteiger partial charge in [0.15, 0.2) is 0 Å². The van der Waals surface area contributed by atoms with Crippen molar-refractivity contribution in [3.05, 3.63) is 58.8 Å². The Hall–Kier alpha value is -2.67. The van der Waals surface area contributed by atoms with Crippen LogP contribution < -0.4 is 9.80 Å². The molecule has 0 aliphatic carbocycles. The molecule has 6 nitrogen and oxygen atoms in total. The van der Waals surface area contributed by atoms with Crippen LogP contribution in [0, 0.1) is 0 Å². The van der Waals surface area contributed by atoms with Crippen molar-refractivity contribution in [2.24, 2.45) is 0 Å². The number of carboxylic acid groups (broad SMARTS) is 1. The Kier molecular flexibility index (Phi) is 4.70. The number of piperazine rings is 1. The molecule has 2 aromatic heterocycles. The second-order valence-electron chi connectivity index (χ2n) is 6.69. The summed E-state index contributed by atoms with van der Waals surface area (Å²) in [6.45, 7) is 4.74. The van der Waals surface area contributed by atoms with Gasteiger partial charge in [0.2, 0.25) is 0 Å². The van der Waals surface area contributed by atoms with Gasteiger partial charge in [-0.05, 0) is 59.3 Å². The molecule has 1 fully saturated rings. The van der Waals surface area contributed by atoms with Gasteiger partial charge in [-0.15, -0.1) is 0 Å². The van der Waals surface area contributed by atoms with Crippen molar-refractivity contribution in [1.82, 2.24) is 9.97 Å². The summed E-state index contributed by atoms with van der Waals surface area (Å²) in [5.74, 6) is 0.0597. The quantitative estimate of drug-likeness (QED) is 0.642. The minimum Gasteiger partial charge on any atom is -0.478 e. The van der Waals surface area contributed by atoms with Gasteiger partial charge in [-0.3, -0.25) is 0 Å². The average molecular weight is 427 g/mol. The van der Waals surface area contributed by atoms with Crippen LogP contribution in [-0.2, 0) is 0 Å². The smallest absolute Gasteiger partial charge is 0.335 e. The molecule has 138 valence electrons. The number of aromatic nitrogens is 2. The Morgan fingerprint density at radius 3 is 2.78 bits per heavy atom. The SMILES string of the molecule is CC1CN(c2ccccn2)CCN1c1cc2cc(C(=O)O)ccc2nc1Br. The number of aromatic carboxylic acids is 1. The van der Waals surface area contributed by atoms with Crippen molar-refractivity contribution in [1.29, 1.82) is 0 Å². The molecule has 3 heterocycles. The number of halogens is 1. The van der Waals surface area contributed by atoms with Crippen LogP contribution in [0.2, 0.25) is 0 Å². The molecule has 7 heteroatoms. The van der Waals surface area contributed by atoms with Crippen LogP contribution in [0.15, 0.2) is 53.3 Å². The number of fused-ring (bicyclic) bond motifs is 1. The lowest BCUT2D eigenvalue weighted by atomic mass is 10.1. The standard InChI is InChI=1S/C20H19BrN4O2/c1-13-12-24(18-4-2-3-7-22-18)8-9-25(13)17-11-15-10-14(20(26)27)5-6-16(15)23-19(17)21/h2-7,10-11,13H,8-9,12H2,1H3,(H,26,27). The number of hydrogen-bond donors (Lipinski definition) is 1. The molecule has 1 aliphatic heterocycles. The molecular formula is C20H19BrN4O2. The molecule has 1 unspecified atom stereocenters. The van der Waals surface area contributed by atoms with Gasteiger partial charge < -0.3 is 14.9 Å². The normalized spacial score (nSPS) is 17.3. The molecule has 3 aromatic rings. The third kappa shape index (κ3) is 3.47. The largest absolute Gasteiger partial charge is 0.478 e. The second kappa shape index (κ2) is 7.15. The van der Waals surface area contributed by atoms with Gasteiger partial charge in [0.05, 0.1) is 16.8 Å². The molecule has 0 saturated carbocycles. The Morgan fingerprint density at radius 2 is 2.07 bits per heavy atom. The topological polar surface area (TPSA) is 69.6 Å². The fourth-order valence-corrected chi connectivity index (χ4v) is 4.07. The van der Waals surface area contributed by atoms with E-state index in [4.69, 9.17) is 0 Å². The molecule has 1 saturated heterocycles. The molecule has 0 radical (unpaired) electrons. The average Bonchev–Trinajstić information content (AvgIpc) is 2.68. The highest BCUT2D eigenvalue weighted by molar-refractivity contribution is 9.10. The first-order valence-electron chi connectivity index (χ1n) is 8.79. The molecule has 1 atom stereocenters. The molecule has 1 aliphatic rings. The summed E-state index contributed by atoms with van der Waals surface area (Å²) in [6.07, 6.45) is 1.82. The van der Waals surface area contributed by atoms with Crippen LogP contribution >= 0.6 is 15.9 Å². The second-order valence-corrected chi connectivity index (χ2v) is 7.44. The third-order valence-corrected chi connectivity index (χ3v) is 5.49. The summed E-state index contributed by atoms with van der Waals surface area (Å²) in [6, 6.07) is 13.2. The van der Waals surface area contributed by atoms with Crippen LogP contribution in [0.3, 0.4) is 0 Å². The zero-order valence-corrected chi connectivity index (χ0v) is 16.4. The van der Waals surface area contributed by atoms with Gasteiger partial charge in [0, 0.05) is 37.3 Å². The third-order valence-electron chi connectivity index (χ3n) is 4.91. The summed E-state index contributed by atoms with van der Waals surface area (Å²) in [4.78, 5) is 24.9. The van der Waals surface area contributed by atoms with E-state index in [9.17, 15) is 9.90 Å². The van der Waals surface area contributed by atoms with E-state index in [2.05, 4.69) is 42.6 Å². The van der Waals surface area contributed by atoms with E-state index in [-0.39, 0.29) is 11.6 Å². The van der Waals surface area contributed by atoms with Crippen molar-refractivity contribution in [3.63, 3.8) is 0 Å². The van der Waals surface area contributed by atoms with Gasteiger partial charge in [0.25, 0.3) is 0 Å². The van der Waals surface area contributed by atoms with E-state index in [1.165, 1.54) is 0 Å². The lowest BCUT2D eigenvalue weighted by molar-refractivity contribution is 0.0697. The van der Waals surface area contributed by atoms with Crippen LogP contribution in [-0.4, -0.2) is 46.7 Å². The monoisotopic (exact) mass is 426 g/mol. The fourth-order valence-electron chi connectivity index (χ4n) is 3.54. The van der Waals surface area contributed by atoms with Gasteiger partial charge in [-0.2, -0.15) is 0 Å². The first-order chi connectivity index (χ1) is 13.0. The molecule has 27 heavy (non-hydrogen) atoms. The predicted octanol–water partition coefficient (Wildman–Crippen LogP) is 3.81. The number of carbonyl (C=O) groups is 1. The van der Waals surface area contributed by atoms with E-state index >= 15 is 0 Å². The zero-order valence-electron chi connectivity index (χ0n) is 14.8. The Labute approximate surface area is 165 Å². The van der Waals surface area contributed by atoms with E-state index in [1.807, 2.05) is 30.5 Å². The lowest BCUT2D eigenvalue weighted by Gasteiger charge is -2.42. The number of nitrogens with zero attached hydrogens (tertiary/aromatic N) is 4. The maximum Gasteiger partial charge on any atom is 0.335 e. The number of anilines is 2. The first-order valence-corrected chi connectivity index (χ1v) is 9.58. The number of rotatable bonds is 3. The Balaban J connectivity index is 1.64. The number of carboxylic acids is 1. The maximum atomic E-state index is 11.3. The predicted molar refractivity (Wildman–Crippen MR) is 110 cm³/mol. The highest BCUT2D eigenvalue weighted by atomic mass is 79.9. The summed E-state index contributed by atoms with van der Waals surface area (Å²) in [5.41, 5.74) is 2.03. The van der Waals surface area contributed by atoms with E-state index in [0.717, 1.165) is 46.6 Å². The van der Waals surface area contributed by atoms with Crippen molar-refractivity contribution in [2.45, 2.75) is 13.0 Å². The van der Waals surface area contributed by atoms with E-state index < -0.39 is 5.97 Å². The van der Waals surface area contributed by atoms with Crippen molar-refractivity contribution in [2.75, 3.05) is 29.4 Å². The van der Waals surface area contributed by atoms with Crippen molar-refractivity contribution < 1.29 is 9.90 Å². The minimum absolute atomic E-state index is 0.263. The molecule has 0 spiro atoms. The molecule has 1 N–H and O–H groups in total. The highest BCUT2D eigenvalue weighted by Gasteiger charge is 2.26. The number of pyridine rings is 2.